The summed E-state index contributed by atoms with van der Waals surface area (Å²) in [5.74, 6) is -2.17. The fraction of sp³-hybridized carbons (Fsp3) is 0.818. The van der Waals surface area contributed by atoms with Gasteiger partial charge in [0.05, 0.1) is 12.5 Å². The molecular formula is C11H20N2O6S. The molecular weight excluding hydrogens is 288 g/mol. The molecule has 0 bridgehead atoms. The minimum absolute atomic E-state index is 0.0144. The first-order chi connectivity index (χ1) is 9.27. The summed E-state index contributed by atoms with van der Waals surface area (Å²) in [6.45, 7) is 3.45. The first-order valence-corrected chi connectivity index (χ1v) is 7.88. The number of nitrogens with one attached hydrogen (secondary N) is 1. The molecule has 2 unspecified atom stereocenters. The smallest absolute Gasteiger partial charge is 0.321 e. The second-order valence-electron chi connectivity index (χ2n) is 4.63. The molecule has 0 aromatic rings. The van der Waals surface area contributed by atoms with Crippen LogP contribution >= 0.6 is 0 Å². The van der Waals surface area contributed by atoms with Crippen molar-refractivity contribution in [3.05, 3.63) is 0 Å². The quantitative estimate of drug-likeness (QED) is 0.644. The van der Waals surface area contributed by atoms with Gasteiger partial charge >= 0.3 is 11.9 Å². The molecule has 0 radical (unpaired) electrons. The molecule has 0 aromatic carbocycles. The maximum absolute atomic E-state index is 12.0. The van der Waals surface area contributed by atoms with Crippen molar-refractivity contribution in [2.45, 2.75) is 32.7 Å². The van der Waals surface area contributed by atoms with Crippen molar-refractivity contribution in [1.82, 2.24) is 9.03 Å². The second-order valence-corrected chi connectivity index (χ2v) is 6.33. The van der Waals surface area contributed by atoms with E-state index in [4.69, 9.17) is 9.84 Å². The topological polar surface area (TPSA) is 113 Å². The number of carboxylic acid groups (broad SMARTS) is 1. The molecule has 20 heavy (non-hydrogen) atoms. The van der Waals surface area contributed by atoms with Gasteiger partial charge in [0.25, 0.3) is 10.2 Å². The van der Waals surface area contributed by atoms with Crippen LogP contribution in [0.3, 0.4) is 0 Å². The molecule has 1 aliphatic rings. The molecule has 0 aromatic heterocycles. The molecule has 1 aliphatic heterocycles. The second kappa shape index (κ2) is 7.00. The first kappa shape index (κ1) is 16.9. The van der Waals surface area contributed by atoms with Gasteiger partial charge in [0.1, 0.15) is 6.04 Å². The molecule has 2 N–H and O–H groups in total. The minimum Gasteiger partial charge on any atom is -0.480 e. The third-order valence-corrected chi connectivity index (χ3v) is 4.70. The summed E-state index contributed by atoms with van der Waals surface area (Å²) in [5.41, 5.74) is 0. The Labute approximate surface area is 118 Å². The Bertz CT molecular complexity index is 464. The number of rotatable bonds is 6. The standard InChI is InChI=1S/C11H20N2O6S/c1-3-19-11(16)9-5-4-6-13(7-9)20(17,18)12-8(2)10(14)15/h8-9,12H,3-7H2,1-2H3,(H,14,15). The molecule has 2 atom stereocenters. The van der Waals surface area contributed by atoms with E-state index in [0.717, 1.165) is 4.31 Å². The Balaban J connectivity index is 2.70. The van der Waals surface area contributed by atoms with Crippen LogP contribution in [0.4, 0.5) is 0 Å². The van der Waals surface area contributed by atoms with E-state index in [9.17, 15) is 18.0 Å². The van der Waals surface area contributed by atoms with Crippen molar-refractivity contribution in [2.24, 2.45) is 5.92 Å². The average Bonchev–Trinajstić information content (AvgIpc) is 2.38. The fourth-order valence-electron chi connectivity index (χ4n) is 1.96. The summed E-state index contributed by atoms with van der Waals surface area (Å²) < 4.78 is 32.1. The van der Waals surface area contributed by atoms with E-state index >= 15 is 0 Å². The Kier molecular flexibility index (Phi) is 5.90. The van der Waals surface area contributed by atoms with Crippen molar-refractivity contribution in [3.63, 3.8) is 0 Å². The molecule has 9 heteroatoms. The number of nitrogens with zero attached hydrogens (tertiary/aromatic N) is 1. The van der Waals surface area contributed by atoms with Gasteiger partial charge in [-0.1, -0.05) is 0 Å². The van der Waals surface area contributed by atoms with Crippen LogP contribution in [0.25, 0.3) is 0 Å². The van der Waals surface area contributed by atoms with Crippen molar-refractivity contribution in [1.29, 1.82) is 0 Å². The predicted molar refractivity (Wildman–Crippen MR) is 70.1 cm³/mol. The molecule has 0 amide bonds. The Morgan fingerprint density at radius 3 is 2.70 bits per heavy atom. The number of esters is 1. The van der Waals surface area contributed by atoms with Gasteiger partial charge in [-0.05, 0) is 26.7 Å². The monoisotopic (exact) mass is 308 g/mol. The number of piperidine rings is 1. The van der Waals surface area contributed by atoms with Gasteiger partial charge in [-0.3, -0.25) is 9.59 Å². The first-order valence-electron chi connectivity index (χ1n) is 6.44. The zero-order chi connectivity index (χ0) is 15.3. The lowest BCUT2D eigenvalue weighted by atomic mass is 10.0. The molecule has 1 fully saturated rings. The Morgan fingerprint density at radius 2 is 2.15 bits per heavy atom. The van der Waals surface area contributed by atoms with E-state index < -0.39 is 34.1 Å². The summed E-state index contributed by atoms with van der Waals surface area (Å²) >= 11 is 0. The summed E-state index contributed by atoms with van der Waals surface area (Å²) in [5, 5.41) is 8.73. The summed E-state index contributed by atoms with van der Waals surface area (Å²) in [7, 11) is -3.91. The van der Waals surface area contributed by atoms with Crippen LogP contribution in [0.15, 0.2) is 0 Å². The Hall–Kier alpha value is -1.19. The number of aliphatic carboxylic acids is 1. The van der Waals surface area contributed by atoms with E-state index in [-0.39, 0.29) is 19.7 Å². The van der Waals surface area contributed by atoms with E-state index in [0.29, 0.717) is 12.8 Å². The largest absolute Gasteiger partial charge is 0.480 e. The highest BCUT2D eigenvalue weighted by atomic mass is 32.2. The highest BCUT2D eigenvalue weighted by molar-refractivity contribution is 7.87. The molecule has 0 aliphatic carbocycles. The molecule has 1 heterocycles. The highest BCUT2D eigenvalue weighted by Gasteiger charge is 2.34. The van der Waals surface area contributed by atoms with Gasteiger partial charge in [0.15, 0.2) is 0 Å². The van der Waals surface area contributed by atoms with Crippen molar-refractivity contribution >= 4 is 22.1 Å². The third kappa shape index (κ3) is 4.43. The molecule has 116 valence electrons. The lowest BCUT2D eigenvalue weighted by molar-refractivity contribution is -0.149. The molecule has 0 saturated carbocycles. The van der Waals surface area contributed by atoms with Crippen molar-refractivity contribution in [3.8, 4) is 0 Å². The Morgan fingerprint density at radius 1 is 1.50 bits per heavy atom. The van der Waals surface area contributed by atoms with E-state index in [1.54, 1.807) is 6.92 Å². The van der Waals surface area contributed by atoms with Gasteiger partial charge in [0.2, 0.25) is 0 Å². The van der Waals surface area contributed by atoms with Crippen LogP contribution < -0.4 is 4.72 Å². The van der Waals surface area contributed by atoms with E-state index in [1.165, 1.54) is 6.92 Å². The van der Waals surface area contributed by atoms with Crippen molar-refractivity contribution in [2.75, 3.05) is 19.7 Å². The summed E-state index contributed by atoms with van der Waals surface area (Å²) in [6.07, 6.45) is 1.10. The van der Waals surface area contributed by atoms with Crippen LogP contribution in [0.2, 0.25) is 0 Å². The minimum atomic E-state index is -3.91. The summed E-state index contributed by atoms with van der Waals surface area (Å²) in [4.78, 5) is 22.3. The van der Waals surface area contributed by atoms with Crippen LogP contribution in [-0.2, 0) is 24.5 Å². The molecule has 8 nitrogen and oxygen atoms in total. The number of carbonyl (C=O) groups excluding carboxylic acids is 1. The van der Waals surface area contributed by atoms with Gasteiger partial charge in [0, 0.05) is 13.1 Å². The number of hydrogen-bond acceptors (Lipinski definition) is 5. The zero-order valence-electron chi connectivity index (χ0n) is 11.5. The molecule has 0 spiro atoms. The maximum Gasteiger partial charge on any atom is 0.321 e. The van der Waals surface area contributed by atoms with Crippen molar-refractivity contribution < 1.29 is 27.9 Å². The SMILES string of the molecule is CCOC(=O)C1CCCN(S(=O)(=O)NC(C)C(=O)O)C1. The van der Waals surface area contributed by atoms with Gasteiger partial charge in [-0.25, -0.2) is 0 Å². The number of carboxylic acids is 1. The van der Waals surface area contributed by atoms with Crippen LogP contribution in [0.5, 0.6) is 0 Å². The normalized spacial score (nSPS) is 22.2. The molecule has 1 rings (SSSR count). The third-order valence-electron chi connectivity index (χ3n) is 3.04. The maximum atomic E-state index is 12.0. The van der Waals surface area contributed by atoms with Crippen LogP contribution in [0, 0.1) is 5.92 Å². The zero-order valence-corrected chi connectivity index (χ0v) is 12.4. The van der Waals surface area contributed by atoms with Crippen LogP contribution in [-0.4, -0.2) is 55.5 Å². The lowest BCUT2D eigenvalue weighted by Crippen LogP contribution is -2.51. The van der Waals surface area contributed by atoms with E-state index in [1.807, 2.05) is 0 Å². The number of carbonyl (C=O) groups is 2. The highest BCUT2D eigenvalue weighted by Crippen LogP contribution is 2.20. The van der Waals surface area contributed by atoms with Gasteiger partial charge in [-0.2, -0.15) is 17.4 Å². The van der Waals surface area contributed by atoms with Gasteiger partial charge in [-0.15, -0.1) is 0 Å². The predicted octanol–water partition coefficient (Wildman–Crippen LogP) is -0.431. The number of ether oxygens (including phenoxy) is 1. The van der Waals surface area contributed by atoms with Crippen LogP contribution in [0.1, 0.15) is 26.7 Å². The van der Waals surface area contributed by atoms with E-state index in [2.05, 4.69) is 4.72 Å². The number of hydrogen-bond donors (Lipinski definition) is 2. The average molecular weight is 308 g/mol. The fourth-order valence-corrected chi connectivity index (χ4v) is 3.40. The molecule has 1 saturated heterocycles. The summed E-state index contributed by atoms with van der Waals surface area (Å²) in [6, 6.07) is -1.22. The lowest BCUT2D eigenvalue weighted by Gasteiger charge is -2.31. The van der Waals surface area contributed by atoms with Gasteiger partial charge < -0.3 is 9.84 Å².